The van der Waals surface area contributed by atoms with E-state index < -0.39 is 0 Å². The van der Waals surface area contributed by atoms with Crippen LogP contribution in [-0.4, -0.2) is 25.2 Å². The van der Waals surface area contributed by atoms with Gasteiger partial charge in [-0.1, -0.05) is 40.5 Å². The molecule has 4 nitrogen and oxygen atoms in total. The van der Waals surface area contributed by atoms with Gasteiger partial charge in [-0.15, -0.1) is 0 Å². The first-order chi connectivity index (χ1) is 9.62. The highest BCUT2D eigenvalue weighted by molar-refractivity contribution is 5.82. The molecular weight excluding hydrogens is 256 g/mol. The van der Waals surface area contributed by atoms with E-state index in [0.717, 1.165) is 25.7 Å². The largest absolute Gasteiger partial charge is 0.465 e. The molecule has 0 fully saturated rings. The minimum absolute atomic E-state index is 0.249. The van der Waals surface area contributed by atoms with Crippen molar-refractivity contribution in [2.45, 2.75) is 66.2 Å². The summed E-state index contributed by atoms with van der Waals surface area (Å²) in [6, 6.07) is 0. The van der Waals surface area contributed by atoms with E-state index in [0.29, 0.717) is 26.1 Å². The van der Waals surface area contributed by atoms with Crippen molar-refractivity contribution in [1.82, 2.24) is 0 Å². The number of carbonyl (C=O) groups excluding carboxylic acids is 2. The average molecular weight is 286 g/mol. The zero-order chi connectivity index (χ0) is 15.4. The van der Waals surface area contributed by atoms with Gasteiger partial charge in [-0.3, -0.25) is 9.59 Å². The van der Waals surface area contributed by atoms with E-state index in [1.807, 2.05) is 20.8 Å². The minimum atomic E-state index is -0.377. The highest BCUT2D eigenvalue weighted by Crippen LogP contribution is 2.25. The zero-order valence-electron chi connectivity index (χ0n) is 13.4. The molecule has 0 aromatic heterocycles. The van der Waals surface area contributed by atoms with E-state index in [4.69, 9.17) is 9.47 Å². The van der Waals surface area contributed by atoms with Crippen molar-refractivity contribution in [2.75, 3.05) is 13.2 Å². The lowest BCUT2D eigenvalue weighted by atomic mass is 9.86. The molecule has 4 heteroatoms. The van der Waals surface area contributed by atoms with Crippen molar-refractivity contribution in [1.29, 1.82) is 0 Å². The Morgan fingerprint density at radius 3 is 1.70 bits per heavy atom. The second kappa shape index (κ2) is 11.7. The number of esters is 2. The second-order valence-corrected chi connectivity index (χ2v) is 5.10. The summed E-state index contributed by atoms with van der Waals surface area (Å²) in [7, 11) is 0. The fourth-order valence-electron chi connectivity index (χ4n) is 2.14. The fraction of sp³-hybridized carbons (Fsp3) is 0.875. The lowest BCUT2D eigenvalue weighted by Gasteiger charge is -2.23. The Morgan fingerprint density at radius 1 is 0.800 bits per heavy atom. The third-order valence-corrected chi connectivity index (χ3v) is 3.30. The van der Waals surface area contributed by atoms with Gasteiger partial charge in [-0.2, -0.15) is 0 Å². The molecule has 0 aromatic rings. The number of ether oxygens (including phenoxy) is 2. The molecule has 0 aliphatic rings. The van der Waals surface area contributed by atoms with Crippen LogP contribution in [0.4, 0.5) is 0 Å². The molecule has 0 bridgehead atoms. The number of carbonyl (C=O) groups is 2. The van der Waals surface area contributed by atoms with Crippen molar-refractivity contribution in [3.63, 3.8) is 0 Å². The van der Waals surface area contributed by atoms with Crippen molar-refractivity contribution in [3.05, 3.63) is 0 Å². The van der Waals surface area contributed by atoms with Crippen LogP contribution in [0.1, 0.15) is 66.2 Å². The average Bonchev–Trinajstić information content (AvgIpc) is 2.46. The third kappa shape index (κ3) is 6.92. The van der Waals surface area contributed by atoms with Gasteiger partial charge in [0.2, 0.25) is 0 Å². The highest BCUT2D eigenvalue weighted by atomic mass is 16.5. The molecule has 20 heavy (non-hydrogen) atoms. The third-order valence-electron chi connectivity index (χ3n) is 3.30. The number of unbranched alkanes of at least 4 members (excludes halogenated alkanes) is 1. The van der Waals surface area contributed by atoms with Gasteiger partial charge in [0.25, 0.3) is 0 Å². The predicted molar refractivity (Wildman–Crippen MR) is 79.3 cm³/mol. The molecule has 0 amide bonds. The summed E-state index contributed by atoms with van der Waals surface area (Å²) >= 11 is 0. The Balaban J connectivity index is 4.75. The number of hydrogen-bond donors (Lipinski definition) is 0. The first-order valence-electron chi connectivity index (χ1n) is 7.95. The summed E-state index contributed by atoms with van der Waals surface area (Å²) < 4.78 is 10.5. The van der Waals surface area contributed by atoms with Gasteiger partial charge in [0.15, 0.2) is 0 Å². The molecule has 0 N–H and O–H groups in total. The summed E-state index contributed by atoms with van der Waals surface area (Å²) in [4.78, 5) is 24.2. The van der Waals surface area contributed by atoms with E-state index in [1.54, 1.807) is 0 Å². The summed E-state index contributed by atoms with van der Waals surface area (Å²) in [6.45, 7) is 8.75. The lowest BCUT2D eigenvalue weighted by Crippen LogP contribution is -2.32. The van der Waals surface area contributed by atoms with Crippen molar-refractivity contribution in [3.8, 4) is 0 Å². The monoisotopic (exact) mass is 286 g/mol. The first-order valence-corrected chi connectivity index (χ1v) is 7.95. The van der Waals surface area contributed by atoms with Crippen LogP contribution in [0.2, 0.25) is 0 Å². The molecule has 118 valence electrons. The van der Waals surface area contributed by atoms with E-state index >= 15 is 0 Å². The summed E-state index contributed by atoms with van der Waals surface area (Å²) in [6.07, 6.45) is 4.81. The van der Waals surface area contributed by atoms with E-state index in [1.165, 1.54) is 0 Å². The lowest BCUT2D eigenvalue weighted by molar-refractivity contribution is -0.161. The molecular formula is C16H30O4. The zero-order valence-corrected chi connectivity index (χ0v) is 13.4. The van der Waals surface area contributed by atoms with Gasteiger partial charge in [-0.05, 0) is 25.7 Å². The van der Waals surface area contributed by atoms with Gasteiger partial charge < -0.3 is 9.47 Å². The SMILES string of the molecule is CCCCC(C(=O)OCCC)C(CC)C(=O)OCCC. The van der Waals surface area contributed by atoms with Crippen LogP contribution in [-0.2, 0) is 19.1 Å². The maximum atomic E-state index is 12.2. The number of hydrogen-bond acceptors (Lipinski definition) is 4. The molecule has 0 aliphatic carbocycles. The fourth-order valence-corrected chi connectivity index (χ4v) is 2.14. The molecule has 0 aromatic carbocycles. The van der Waals surface area contributed by atoms with Gasteiger partial charge in [0.05, 0.1) is 25.0 Å². The van der Waals surface area contributed by atoms with Crippen LogP contribution in [0.3, 0.4) is 0 Å². The Kier molecular flexibility index (Phi) is 11.1. The van der Waals surface area contributed by atoms with Crippen LogP contribution in [0.25, 0.3) is 0 Å². The Morgan fingerprint density at radius 2 is 1.30 bits per heavy atom. The molecule has 2 unspecified atom stereocenters. The van der Waals surface area contributed by atoms with Gasteiger partial charge >= 0.3 is 11.9 Å². The molecule has 0 radical (unpaired) electrons. The maximum Gasteiger partial charge on any atom is 0.309 e. The van der Waals surface area contributed by atoms with Gasteiger partial charge in [0, 0.05) is 0 Å². The molecule has 0 aliphatic heterocycles. The van der Waals surface area contributed by atoms with Crippen LogP contribution in [0.5, 0.6) is 0 Å². The van der Waals surface area contributed by atoms with Gasteiger partial charge in [0.1, 0.15) is 0 Å². The minimum Gasteiger partial charge on any atom is -0.465 e. The molecule has 0 spiro atoms. The quantitative estimate of drug-likeness (QED) is 0.543. The summed E-state index contributed by atoms with van der Waals surface area (Å²) in [5, 5.41) is 0. The smallest absolute Gasteiger partial charge is 0.309 e. The normalized spacial score (nSPS) is 13.6. The molecule has 0 rings (SSSR count). The van der Waals surface area contributed by atoms with Crippen LogP contribution < -0.4 is 0 Å². The van der Waals surface area contributed by atoms with E-state index in [2.05, 4.69) is 6.92 Å². The Bertz CT molecular complexity index is 276. The van der Waals surface area contributed by atoms with Crippen molar-refractivity contribution in [2.24, 2.45) is 11.8 Å². The maximum absolute atomic E-state index is 12.2. The number of rotatable bonds is 11. The van der Waals surface area contributed by atoms with Gasteiger partial charge in [-0.25, -0.2) is 0 Å². The Hall–Kier alpha value is -1.06. The second-order valence-electron chi connectivity index (χ2n) is 5.10. The Labute approximate surface area is 123 Å². The highest BCUT2D eigenvalue weighted by Gasteiger charge is 2.34. The van der Waals surface area contributed by atoms with Crippen molar-refractivity contribution >= 4 is 11.9 Å². The first kappa shape index (κ1) is 18.9. The predicted octanol–water partition coefficient (Wildman–Crippen LogP) is 3.73. The molecule has 0 saturated heterocycles. The summed E-state index contributed by atoms with van der Waals surface area (Å²) in [5.41, 5.74) is 0. The molecule has 0 saturated carbocycles. The standard InChI is InChI=1S/C16H30O4/c1-5-9-10-14(16(18)20-12-7-3)13(8-4)15(17)19-11-6-2/h13-14H,5-12H2,1-4H3. The van der Waals surface area contributed by atoms with Crippen LogP contribution in [0, 0.1) is 11.8 Å². The molecule has 2 atom stereocenters. The van der Waals surface area contributed by atoms with E-state index in [9.17, 15) is 9.59 Å². The van der Waals surface area contributed by atoms with Crippen molar-refractivity contribution < 1.29 is 19.1 Å². The van der Waals surface area contributed by atoms with Crippen LogP contribution >= 0.6 is 0 Å². The van der Waals surface area contributed by atoms with Crippen LogP contribution in [0.15, 0.2) is 0 Å². The van der Waals surface area contributed by atoms with E-state index in [-0.39, 0.29) is 23.8 Å². The molecule has 0 heterocycles. The summed E-state index contributed by atoms with van der Waals surface area (Å²) in [5.74, 6) is -1.25. The topological polar surface area (TPSA) is 52.6 Å².